The van der Waals surface area contributed by atoms with Crippen molar-refractivity contribution in [2.75, 3.05) is 18.0 Å². The first-order valence-electron chi connectivity index (χ1n) is 5.97. The monoisotopic (exact) mass is 286 g/mol. The maximum absolute atomic E-state index is 11.2. The molecule has 1 aromatic heterocycles. The molecule has 8 heteroatoms. The molecular weight excluding hydrogens is 272 g/mol. The predicted octanol–water partition coefficient (Wildman–Crippen LogP) is 1.96. The molecule has 2 atom stereocenters. The highest BCUT2D eigenvalue weighted by atomic mass is 35.5. The number of rotatable bonds is 2. The van der Waals surface area contributed by atoms with Crippen LogP contribution in [0.2, 0.25) is 5.28 Å². The Morgan fingerprint density at radius 2 is 1.95 bits per heavy atom. The van der Waals surface area contributed by atoms with E-state index >= 15 is 0 Å². The molecule has 1 aliphatic heterocycles. The van der Waals surface area contributed by atoms with Crippen molar-refractivity contribution < 1.29 is 9.66 Å². The third-order valence-electron chi connectivity index (χ3n) is 2.91. The molecule has 1 fully saturated rings. The van der Waals surface area contributed by atoms with Crippen LogP contribution >= 0.6 is 11.6 Å². The van der Waals surface area contributed by atoms with Gasteiger partial charge < -0.3 is 9.64 Å². The highest BCUT2D eigenvalue weighted by Crippen LogP contribution is 2.31. The molecule has 0 spiro atoms. The molecule has 2 heterocycles. The average molecular weight is 287 g/mol. The first-order valence-corrected chi connectivity index (χ1v) is 6.35. The first-order chi connectivity index (χ1) is 8.88. The Morgan fingerprint density at radius 3 is 2.47 bits per heavy atom. The van der Waals surface area contributed by atoms with Crippen LogP contribution in [0.5, 0.6) is 0 Å². The van der Waals surface area contributed by atoms with Gasteiger partial charge in [-0.2, -0.15) is 4.98 Å². The van der Waals surface area contributed by atoms with E-state index in [0.717, 1.165) is 0 Å². The Kier molecular flexibility index (Phi) is 3.86. The van der Waals surface area contributed by atoms with Crippen LogP contribution in [0.15, 0.2) is 0 Å². The molecule has 0 N–H and O–H groups in total. The number of nitro groups is 1. The molecule has 0 aromatic carbocycles. The zero-order valence-electron chi connectivity index (χ0n) is 11.0. The molecule has 0 aliphatic carbocycles. The summed E-state index contributed by atoms with van der Waals surface area (Å²) in [7, 11) is 0. The molecule has 19 heavy (non-hydrogen) atoms. The fourth-order valence-corrected chi connectivity index (χ4v) is 2.51. The van der Waals surface area contributed by atoms with E-state index in [0.29, 0.717) is 13.1 Å². The third kappa shape index (κ3) is 2.93. The maximum Gasteiger partial charge on any atom is 0.332 e. The number of anilines is 1. The van der Waals surface area contributed by atoms with Crippen LogP contribution < -0.4 is 4.90 Å². The van der Waals surface area contributed by atoms with Crippen molar-refractivity contribution in [3.63, 3.8) is 0 Å². The van der Waals surface area contributed by atoms with Crippen molar-refractivity contribution in [1.82, 2.24) is 9.97 Å². The lowest BCUT2D eigenvalue weighted by molar-refractivity contribution is -0.385. The van der Waals surface area contributed by atoms with Crippen LogP contribution in [0.25, 0.3) is 0 Å². The molecule has 1 saturated heterocycles. The van der Waals surface area contributed by atoms with Gasteiger partial charge in [-0.1, -0.05) is 0 Å². The maximum atomic E-state index is 11.2. The Hall–Kier alpha value is -1.47. The quantitative estimate of drug-likeness (QED) is 0.469. The van der Waals surface area contributed by atoms with Gasteiger partial charge in [0.05, 0.1) is 17.1 Å². The van der Waals surface area contributed by atoms with E-state index in [1.54, 1.807) is 6.92 Å². The summed E-state index contributed by atoms with van der Waals surface area (Å²) in [6.45, 7) is 6.48. The molecule has 1 aromatic rings. The van der Waals surface area contributed by atoms with Gasteiger partial charge in [0.15, 0.2) is 0 Å². The summed E-state index contributed by atoms with van der Waals surface area (Å²) in [5, 5.41) is 11.2. The van der Waals surface area contributed by atoms with Crippen LogP contribution in [-0.2, 0) is 4.74 Å². The predicted molar refractivity (Wildman–Crippen MR) is 70.7 cm³/mol. The fraction of sp³-hybridized carbons (Fsp3) is 0.636. The van der Waals surface area contributed by atoms with Crippen LogP contribution in [0, 0.1) is 17.0 Å². The van der Waals surface area contributed by atoms with E-state index in [2.05, 4.69) is 9.97 Å². The van der Waals surface area contributed by atoms with Gasteiger partial charge in [-0.25, -0.2) is 4.98 Å². The number of aromatic nitrogens is 2. The number of morpholine rings is 1. The Labute approximate surface area is 115 Å². The van der Waals surface area contributed by atoms with Crippen molar-refractivity contribution >= 4 is 23.1 Å². The molecule has 0 amide bonds. The van der Waals surface area contributed by atoms with Gasteiger partial charge in [0.25, 0.3) is 0 Å². The SMILES string of the molecule is Cc1nc(Cl)nc(N2CC(C)OC(C)C2)c1[N+](=O)[O-]. The number of hydrogen-bond donors (Lipinski definition) is 0. The largest absolute Gasteiger partial charge is 0.372 e. The Morgan fingerprint density at radius 1 is 1.37 bits per heavy atom. The molecule has 0 bridgehead atoms. The van der Waals surface area contributed by atoms with Gasteiger partial charge in [-0.15, -0.1) is 0 Å². The minimum atomic E-state index is -0.466. The molecule has 2 unspecified atom stereocenters. The topological polar surface area (TPSA) is 81.4 Å². The van der Waals surface area contributed by atoms with Gasteiger partial charge in [-0.05, 0) is 32.4 Å². The summed E-state index contributed by atoms with van der Waals surface area (Å²) in [5.74, 6) is 0.268. The van der Waals surface area contributed by atoms with Gasteiger partial charge in [0, 0.05) is 13.1 Å². The summed E-state index contributed by atoms with van der Waals surface area (Å²) in [6.07, 6.45) is -0.0326. The minimum absolute atomic E-state index is 0.0163. The number of hydrogen-bond acceptors (Lipinski definition) is 6. The van der Waals surface area contributed by atoms with Crippen molar-refractivity contribution in [3.05, 3.63) is 21.1 Å². The molecule has 0 radical (unpaired) electrons. The number of halogens is 1. The van der Waals surface area contributed by atoms with Crippen LogP contribution in [0.3, 0.4) is 0 Å². The molecular formula is C11H15ClN4O3. The number of aryl methyl sites for hydroxylation is 1. The van der Waals surface area contributed by atoms with Gasteiger partial charge >= 0.3 is 5.69 Å². The van der Waals surface area contributed by atoms with E-state index in [1.165, 1.54) is 0 Å². The van der Waals surface area contributed by atoms with E-state index in [9.17, 15) is 10.1 Å². The van der Waals surface area contributed by atoms with E-state index in [4.69, 9.17) is 16.3 Å². The van der Waals surface area contributed by atoms with Gasteiger partial charge in [-0.3, -0.25) is 10.1 Å². The average Bonchev–Trinajstić information content (AvgIpc) is 2.25. The lowest BCUT2D eigenvalue weighted by Gasteiger charge is -2.35. The summed E-state index contributed by atoms with van der Waals surface area (Å²) < 4.78 is 5.61. The Bertz CT molecular complexity index is 501. The fourth-order valence-electron chi connectivity index (χ4n) is 2.30. The summed E-state index contributed by atoms with van der Waals surface area (Å²) in [6, 6.07) is 0. The van der Waals surface area contributed by atoms with E-state index in [-0.39, 0.29) is 34.7 Å². The highest BCUT2D eigenvalue weighted by Gasteiger charge is 2.31. The lowest BCUT2D eigenvalue weighted by atomic mass is 10.2. The zero-order valence-corrected chi connectivity index (χ0v) is 11.7. The Balaban J connectivity index is 2.45. The van der Waals surface area contributed by atoms with Crippen LogP contribution in [0.1, 0.15) is 19.5 Å². The van der Waals surface area contributed by atoms with Crippen LogP contribution in [-0.4, -0.2) is 40.2 Å². The molecule has 2 rings (SSSR count). The standard InChI is InChI=1S/C11H15ClN4O3/c1-6-4-15(5-7(2)19-6)10-9(16(17)18)8(3)13-11(12)14-10/h6-7H,4-5H2,1-3H3. The molecule has 104 valence electrons. The highest BCUT2D eigenvalue weighted by molar-refractivity contribution is 6.28. The number of ether oxygens (including phenoxy) is 1. The van der Waals surface area contributed by atoms with Crippen LogP contribution in [0.4, 0.5) is 11.5 Å². The third-order valence-corrected chi connectivity index (χ3v) is 3.08. The summed E-state index contributed by atoms with van der Waals surface area (Å²) in [4.78, 5) is 20.4. The van der Waals surface area contributed by atoms with Crippen molar-refractivity contribution in [1.29, 1.82) is 0 Å². The van der Waals surface area contributed by atoms with Crippen molar-refractivity contribution in [2.45, 2.75) is 33.0 Å². The first kappa shape index (κ1) is 14.0. The summed E-state index contributed by atoms with van der Waals surface area (Å²) >= 11 is 5.82. The second-order valence-electron chi connectivity index (χ2n) is 4.67. The second-order valence-corrected chi connectivity index (χ2v) is 5.01. The number of nitrogens with zero attached hydrogens (tertiary/aromatic N) is 4. The van der Waals surface area contributed by atoms with E-state index < -0.39 is 4.92 Å². The lowest BCUT2D eigenvalue weighted by Crippen LogP contribution is -2.46. The second kappa shape index (κ2) is 5.26. The normalized spacial score (nSPS) is 23.5. The smallest absolute Gasteiger partial charge is 0.332 e. The summed E-state index contributed by atoms with van der Waals surface area (Å²) in [5.41, 5.74) is 0.178. The molecule has 0 saturated carbocycles. The molecule has 7 nitrogen and oxygen atoms in total. The molecule has 1 aliphatic rings. The van der Waals surface area contributed by atoms with Gasteiger partial charge in [0.2, 0.25) is 11.1 Å². The van der Waals surface area contributed by atoms with E-state index in [1.807, 2.05) is 18.7 Å². The zero-order chi connectivity index (χ0) is 14.2. The van der Waals surface area contributed by atoms with Crippen molar-refractivity contribution in [2.24, 2.45) is 0 Å². The minimum Gasteiger partial charge on any atom is -0.372 e. The van der Waals surface area contributed by atoms with Crippen molar-refractivity contribution in [3.8, 4) is 0 Å². The van der Waals surface area contributed by atoms with Gasteiger partial charge in [0.1, 0.15) is 5.69 Å².